The summed E-state index contributed by atoms with van der Waals surface area (Å²) in [6.45, 7) is 5.69. The summed E-state index contributed by atoms with van der Waals surface area (Å²) in [5.41, 5.74) is 8.40. The van der Waals surface area contributed by atoms with Crippen molar-refractivity contribution in [3.05, 3.63) is 34.9 Å². The van der Waals surface area contributed by atoms with Crippen molar-refractivity contribution in [2.75, 3.05) is 6.54 Å². The highest BCUT2D eigenvalue weighted by Gasteiger charge is 2.63. The Hall–Kier alpha value is -2.12. The second-order valence-electron chi connectivity index (χ2n) is 9.50. The number of nitrogens with zero attached hydrogens (tertiary/aromatic N) is 1. The van der Waals surface area contributed by atoms with E-state index in [1.807, 2.05) is 12.1 Å². The Balaban J connectivity index is 1.59. The fourth-order valence-corrected chi connectivity index (χ4v) is 4.97. The van der Waals surface area contributed by atoms with Gasteiger partial charge in [0.2, 0.25) is 0 Å². The van der Waals surface area contributed by atoms with Crippen LogP contribution >= 0.6 is 0 Å². The predicted octanol–water partition coefficient (Wildman–Crippen LogP) is 2.17. The maximum absolute atomic E-state index is 12.6. The highest BCUT2D eigenvalue weighted by Crippen LogP contribution is 2.66. The first kappa shape index (κ1) is 19.2. The number of carbonyl (C=O) groups is 2. The molecule has 0 bridgehead atoms. The van der Waals surface area contributed by atoms with Crippen molar-refractivity contribution in [2.45, 2.75) is 69.7 Å². The molecule has 2 aliphatic carbocycles. The summed E-state index contributed by atoms with van der Waals surface area (Å²) >= 11 is 0. The van der Waals surface area contributed by atoms with E-state index in [-0.39, 0.29) is 17.4 Å². The molecule has 2 unspecified atom stereocenters. The molecule has 1 amide bonds. The minimum atomic E-state index is -0.996. The van der Waals surface area contributed by atoms with Gasteiger partial charge in [-0.2, -0.15) is 0 Å². The lowest BCUT2D eigenvalue weighted by molar-refractivity contribution is -0.142. The number of nitrogens with two attached hydrogens (primary N) is 1. The van der Waals surface area contributed by atoms with Gasteiger partial charge in [0.1, 0.15) is 11.6 Å². The lowest BCUT2D eigenvalue weighted by atomic mass is 9.92. The molecule has 4 rings (SSSR count). The quantitative estimate of drug-likeness (QED) is 0.716. The van der Waals surface area contributed by atoms with E-state index < -0.39 is 29.8 Å². The molecule has 1 saturated heterocycles. The Kier molecular flexibility index (Phi) is 4.25. The van der Waals surface area contributed by atoms with Crippen molar-refractivity contribution in [3.63, 3.8) is 0 Å². The smallest absolute Gasteiger partial charge is 0.411 e. The molecule has 0 aromatic heterocycles. The first-order valence-corrected chi connectivity index (χ1v) is 9.80. The van der Waals surface area contributed by atoms with Crippen molar-refractivity contribution < 1.29 is 24.5 Å². The number of carboxylic acid groups (broad SMARTS) is 1. The van der Waals surface area contributed by atoms with Gasteiger partial charge in [-0.3, -0.25) is 4.90 Å². The number of hydrogen-bond acceptors (Lipinski definition) is 5. The number of ether oxygens (including phenoxy) is 1. The number of likely N-dealkylation sites (tertiary alicyclic amines) is 1. The summed E-state index contributed by atoms with van der Waals surface area (Å²) in [5.74, 6) is -0.821. The monoisotopic (exact) mass is 388 g/mol. The molecule has 3 aliphatic rings. The number of aliphatic hydroxyl groups is 1. The lowest BCUT2D eigenvalue weighted by Crippen LogP contribution is -2.43. The van der Waals surface area contributed by atoms with E-state index in [2.05, 4.69) is 6.07 Å². The third kappa shape index (κ3) is 3.06. The summed E-state index contributed by atoms with van der Waals surface area (Å²) in [6, 6.07) is 4.71. The van der Waals surface area contributed by atoms with Crippen LogP contribution < -0.4 is 5.73 Å². The highest BCUT2D eigenvalue weighted by molar-refractivity contribution is 5.81. The van der Waals surface area contributed by atoms with Gasteiger partial charge in [-0.15, -0.1) is 0 Å². The van der Waals surface area contributed by atoms with Crippen LogP contribution in [0.25, 0.3) is 0 Å². The Labute approximate surface area is 164 Å². The van der Waals surface area contributed by atoms with E-state index in [9.17, 15) is 19.8 Å². The van der Waals surface area contributed by atoms with Crippen LogP contribution in [-0.4, -0.2) is 51.5 Å². The van der Waals surface area contributed by atoms with Crippen LogP contribution in [0.3, 0.4) is 0 Å². The number of rotatable bonds is 2. The second kappa shape index (κ2) is 6.19. The van der Waals surface area contributed by atoms with E-state index in [1.165, 1.54) is 4.90 Å². The van der Waals surface area contributed by atoms with Crippen molar-refractivity contribution in [2.24, 2.45) is 11.1 Å². The van der Waals surface area contributed by atoms with Gasteiger partial charge in [-0.25, -0.2) is 9.59 Å². The number of fused-ring (bicyclic) bond motifs is 1. The topological polar surface area (TPSA) is 113 Å². The fraction of sp³-hybridized carbons (Fsp3) is 0.619. The number of amides is 1. The number of aliphatic hydroxyl groups excluding tert-OH is 1. The minimum Gasteiger partial charge on any atom is -0.480 e. The minimum absolute atomic E-state index is 0.175. The molecule has 1 saturated carbocycles. The van der Waals surface area contributed by atoms with Crippen LogP contribution in [-0.2, 0) is 16.0 Å². The summed E-state index contributed by atoms with van der Waals surface area (Å²) in [4.78, 5) is 25.8. The van der Waals surface area contributed by atoms with Gasteiger partial charge in [-0.05, 0) is 61.6 Å². The van der Waals surface area contributed by atoms with Gasteiger partial charge in [0.15, 0.2) is 0 Å². The third-order valence-corrected chi connectivity index (χ3v) is 6.37. The van der Waals surface area contributed by atoms with Crippen LogP contribution in [0.4, 0.5) is 4.79 Å². The van der Waals surface area contributed by atoms with Crippen molar-refractivity contribution in [3.8, 4) is 0 Å². The van der Waals surface area contributed by atoms with Gasteiger partial charge in [0, 0.05) is 13.0 Å². The van der Waals surface area contributed by atoms with Crippen molar-refractivity contribution in [1.29, 1.82) is 0 Å². The largest absolute Gasteiger partial charge is 0.480 e. The molecule has 1 aromatic carbocycles. The maximum atomic E-state index is 12.6. The summed E-state index contributed by atoms with van der Waals surface area (Å²) < 4.78 is 5.44. The third-order valence-electron chi connectivity index (χ3n) is 6.37. The van der Waals surface area contributed by atoms with Crippen LogP contribution in [0, 0.1) is 5.41 Å². The predicted molar refractivity (Wildman–Crippen MR) is 102 cm³/mol. The second-order valence-corrected chi connectivity index (χ2v) is 9.50. The molecule has 1 spiro atoms. The molecular formula is C21H28N2O5. The van der Waals surface area contributed by atoms with Gasteiger partial charge < -0.3 is 20.7 Å². The van der Waals surface area contributed by atoms with E-state index in [0.717, 1.165) is 23.1 Å². The molecule has 7 heteroatoms. The zero-order valence-electron chi connectivity index (χ0n) is 16.5. The summed E-state index contributed by atoms with van der Waals surface area (Å²) in [7, 11) is 0. The molecule has 28 heavy (non-hydrogen) atoms. The van der Waals surface area contributed by atoms with Crippen LogP contribution in [0.15, 0.2) is 18.2 Å². The Bertz CT molecular complexity index is 833. The number of benzene rings is 1. The molecule has 1 aliphatic heterocycles. The fourth-order valence-electron chi connectivity index (χ4n) is 4.97. The van der Waals surface area contributed by atoms with Crippen LogP contribution in [0.1, 0.15) is 62.3 Å². The maximum Gasteiger partial charge on any atom is 0.411 e. The van der Waals surface area contributed by atoms with E-state index >= 15 is 0 Å². The first-order valence-electron chi connectivity index (χ1n) is 9.80. The normalized spacial score (nSPS) is 33.8. The molecule has 152 valence electrons. The van der Waals surface area contributed by atoms with Gasteiger partial charge in [0.25, 0.3) is 0 Å². The Morgan fingerprint density at radius 2 is 1.93 bits per heavy atom. The summed E-state index contributed by atoms with van der Waals surface area (Å²) in [5, 5.41) is 19.8. The average Bonchev–Trinajstić information content (AvgIpc) is 2.98. The summed E-state index contributed by atoms with van der Waals surface area (Å²) in [6.07, 6.45) is 0.623. The van der Waals surface area contributed by atoms with Crippen LogP contribution in [0.5, 0.6) is 0 Å². The molecule has 2 fully saturated rings. The molecule has 7 nitrogen and oxygen atoms in total. The lowest BCUT2D eigenvalue weighted by Gasteiger charge is -2.26. The Morgan fingerprint density at radius 1 is 1.25 bits per heavy atom. The average molecular weight is 388 g/mol. The van der Waals surface area contributed by atoms with Crippen LogP contribution in [0.2, 0.25) is 0 Å². The van der Waals surface area contributed by atoms with E-state index in [4.69, 9.17) is 10.5 Å². The molecule has 1 heterocycles. The zero-order valence-corrected chi connectivity index (χ0v) is 16.5. The standard InChI is InChI=1S/C21H28N2O5/c1-20(2,3)28-19(27)23-10-21(9-15(23)18(25)26)8-14(21)11-5-4-6-12-13(11)7-16(24)17(12)22/h4-6,14-17,24H,7-10,22H2,1-3H3,(H,25,26)/t14?,15-,16+,17-,21?/m0/s1. The molecule has 0 radical (unpaired) electrons. The molecular weight excluding hydrogens is 360 g/mol. The first-order chi connectivity index (χ1) is 13.0. The SMILES string of the molecule is CC(C)(C)OC(=O)N1CC2(CC2c2cccc3c2C[C@@H](O)[C@H]3N)C[C@H]1C(=O)O. The van der Waals surface area contributed by atoms with Crippen molar-refractivity contribution >= 4 is 12.1 Å². The Morgan fingerprint density at radius 3 is 2.57 bits per heavy atom. The highest BCUT2D eigenvalue weighted by atomic mass is 16.6. The van der Waals surface area contributed by atoms with Gasteiger partial charge in [-0.1, -0.05) is 18.2 Å². The van der Waals surface area contributed by atoms with Gasteiger partial charge in [0.05, 0.1) is 12.1 Å². The number of carbonyl (C=O) groups excluding carboxylic acids is 1. The molecule has 5 atom stereocenters. The number of hydrogen-bond donors (Lipinski definition) is 3. The van der Waals surface area contributed by atoms with E-state index in [1.54, 1.807) is 20.8 Å². The van der Waals surface area contributed by atoms with Crippen molar-refractivity contribution in [1.82, 2.24) is 4.90 Å². The van der Waals surface area contributed by atoms with Gasteiger partial charge >= 0.3 is 12.1 Å². The number of carboxylic acids is 1. The zero-order chi connectivity index (χ0) is 20.4. The van der Waals surface area contributed by atoms with E-state index in [0.29, 0.717) is 19.4 Å². The molecule has 1 aromatic rings. The number of aliphatic carboxylic acids is 1. The molecule has 4 N–H and O–H groups in total.